The fourth-order valence-electron chi connectivity index (χ4n) is 3.76. The van der Waals surface area contributed by atoms with Crippen molar-refractivity contribution in [1.82, 2.24) is 9.55 Å². The summed E-state index contributed by atoms with van der Waals surface area (Å²) >= 11 is 1.44. The van der Waals surface area contributed by atoms with Crippen LogP contribution in [0.1, 0.15) is 68.5 Å². The minimum Gasteiger partial charge on any atom is -0.480 e. The molecule has 7 heteroatoms. The van der Waals surface area contributed by atoms with Gasteiger partial charge in [-0.05, 0) is 45.7 Å². The van der Waals surface area contributed by atoms with Crippen LogP contribution >= 0.6 is 11.8 Å². The number of rotatable bonds is 10. The summed E-state index contributed by atoms with van der Waals surface area (Å²) in [4.78, 5) is 29.2. The lowest BCUT2D eigenvalue weighted by molar-refractivity contribution is -0.138. The average Bonchev–Trinajstić information content (AvgIpc) is 3.11. The number of thioether (sulfide) groups is 1. The number of imidazole rings is 1. The normalized spacial score (nSPS) is 15.9. The Labute approximate surface area is 200 Å². The zero-order valence-corrected chi connectivity index (χ0v) is 20.6. The van der Waals surface area contributed by atoms with E-state index >= 15 is 0 Å². The van der Waals surface area contributed by atoms with E-state index in [4.69, 9.17) is 4.98 Å². The van der Waals surface area contributed by atoms with E-state index in [1.807, 2.05) is 43.3 Å². The van der Waals surface area contributed by atoms with Gasteiger partial charge in [0.15, 0.2) is 0 Å². The van der Waals surface area contributed by atoms with Crippen LogP contribution < -0.4 is 5.32 Å². The molecule has 0 spiro atoms. The molecule has 0 radical (unpaired) electrons. The monoisotopic (exact) mass is 467 g/mol. The van der Waals surface area contributed by atoms with Crippen LogP contribution in [0.3, 0.4) is 0 Å². The van der Waals surface area contributed by atoms with Crippen molar-refractivity contribution in [2.24, 2.45) is 0 Å². The number of hydrogen-bond acceptors (Lipinski definition) is 4. The molecular weight excluding hydrogens is 434 g/mol. The van der Waals surface area contributed by atoms with Crippen LogP contribution in [-0.4, -0.2) is 36.5 Å². The summed E-state index contributed by atoms with van der Waals surface area (Å²) in [5, 5.41) is 12.5. The topological polar surface area (TPSA) is 84.2 Å². The van der Waals surface area contributed by atoms with E-state index in [9.17, 15) is 14.7 Å². The number of carbonyl (C=O) groups excluding carboxylic acids is 1. The lowest BCUT2D eigenvalue weighted by Crippen LogP contribution is -2.29. The minimum absolute atomic E-state index is 0.0882. The molecular formula is C26H33N3O3S. The number of carboxylic acids is 1. The molecule has 1 atom stereocenters. The number of carbonyl (C=O) groups is 2. The number of carboxylic acid groups (broad SMARTS) is 1. The fourth-order valence-corrected chi connectivity index (χ4v) is 4.96. The Morgan fingerprint density at radius 3 is 2.58 bits per heavy atom. The van der Waals surface area contributed by atoms with Gasteiger partial charge in [-0.25, -0.2) is 4.98 Å². The molecule has 1 aliphatic carbocycles. The number of para-hydroxylation sites is 1. The molecule has 3 rings (SSSR count). The Bertz CT molecular complexity index is 1050. The number of amides is 1. The van der Waals surface area contributed by atoms with Gasteiger partial charge in [0.05, 0.1) is 0 Å². The number of benzene rings is 1. The van der Waals surface area contributed by atoms with Crippen molar-refractivity contribution < 1.29 is 14.7 Å². The van der Waals surface area contributed by atoms with E-state index in [2.05, 4.69) is 29.0 Å². The summed E-state index contributed by atoms with van der Waals surface area (Å²) in [6.07, 6.45) is 10.1. The van der Waals surface area contributed by atoms with Gasteiger partial charge < -0.3 is 15.0 Å². The van der Waals surface area contributed by atoms with E-state index in [1.165, 1.54) is 11.8 Å². The summed E-state index contributed by atoms with van der Waals surface area (Å²) in [6, 6.07) is 9.39. The molecule has 1 aliphatic rings. The first kappa shape index (κ1) is 24.8. The van der Waals surface area contributed by atoms with Gasteiger partial charge in [0.2, 0.25) is 0 Å². The van der Waals surface area contributed by atoms with Gasteiger partial charge >= 0.3 is 5.97 Å². The van der Waals surface area contributed by atoms with Crippen molar-refractivity contribution in [3.63, 3.8) is 0 Å². The third-order valence-corrected chi connectivity index (χ3v) is 7.15. The molecule has 0 saturated carbocycles. The number of nitrogens with zero attached hydrogens (tertiary/aromatic N) is 2. The maximum atomic E-state index is 13.0. The first-order chi connectivity index (χ1) is 15.7. The molecule has 1 aromatic carbocycles. The van der Waals surface area contributed by atoms with Gasteiger partial charge in [0, 0.05) is 28.7 Å². The molecule has 33 heavy (non-hydrogen) atoms. The Balaban J connectivity index is 1.84. The van der Waals surface area contributed by atoms with Crippen LogP contribution in [0.15, 0.2) is 48.6 Å². The molecule has 1 heterocycles. The van der Waals surface area contributed by atoms with Crippen LogP contribution in [0.2, 0.25) is 0 Å². The Morgan fingerprint density at radius 1 is 1.24 bits per heavy atom. The van der Waals surface area contributed by atoms with Gasteiger partial charge in [-0.2, -0.15) is 0 Å². The zero-order chi connectivity index (χ0) is 24.0. The molecule has 1 unspecified atom stereocenters. The predicted molar refractivity (Wildman–Crippen MR) is 136 cm³/mol. The van der Waals surface area contributed by atoms with Crippen LogP contribution in [0.25, 0.3) is 5.57 Å². The molecule has 176 valence electrons. The summed E-state index contributed by atoms with van der Waals surface area (Å²) < 4.78 is 1.29. The Kier molecular flexibility index (Phi) is 8.19. The van der Waals surface area contributed by atoms with E-state index in [0.29, 0.717) is 5.69 Å². The van der Waals surface area contributed by atoms with E-state index in [0.717, 1.165) is 55.0 Å². The van der Waals surface area contributed by atoms with E-state index in [1.54, 1.807) is 13.8 Å². The summed E-state index contributed by atoms with van der Waals surface area (Å²) in [7, 11) is 0. The van der Waals surface area contributed by atoms with Crippen LogP contribution in [-0.2, 0) is 11.3 Å². The molecule has 0 bridgehead atoms. The molecule has 1 amide bonds. The van der Waals surface area contributed by atoms with Crippen molar-refractivity contribution in [2.75, 3.05) is 5.32 Å². The number of anilines is 1. The van der Waals surface area contributed by atoms with Gasteiger partial charge in [-0.15, -0.1) is 11.8 Å². The third kappa shape index (κ3) is 6.16. The minimum atomic E-state index is -0.849. The molecule has 6 nitrogen and oxygen atoms in total. The fraction of sp³-hybridized carbons (Fsp3) is 0.423. The third-order valence-electron chi connectivity index (χ3n) is 5.73. The SMILES string of the molecule is CCCCCn1c(C2=CCC(SC(C)(C)C(=O)O)C=C2)nc(C(=O)Nc2ccccc2)c1C. The van der Waals surface area contributed by atoms with Crippen LogP contribution in [0.4, 0.5) is 5.69 Å². The lowest BCUT2D eigenvalue weighted by atomic mass is 10.1. The maximum absolute atomic E-state index is 13.0. The second kappa shape index (κ2) is 10.9. The summed E-state index contributed by atoms with van der Waals surface area (Å²) in [6.45, 7) is 8.38. The largest absolute Gasteiger partial charge is 0.480 e. The maximum Gasteiger partial charge on any atom is 0.319 e. The van der Waals surface area contributed by atoms with E-state index in [-0.39, 0.29) is 11.2 Å². The number of unbranched alkanes of at least 4 members (excludes halogenated alkanes) is 2. The summed E-state index contributed by atoms with van der Waals surface area (Å²) in [5.41, 5.74) is 3.00. The Morgan fingerprint density at radius 2 is 1.97 bits per heavy atom. The second-order valence-corrected chi connectivity index (χ2v) is 10.6. The van der Waals surface area contributed by atoms with Crippen LogP contribution in [0, 0.1) is 6.92 Å². The smallest absolute Gasteiger partial charge is 0.319 e. The summed E-state index contributed by atoms with van der Waals surface area (Å²) in [5.74, 6) is -0.239. The van der Waals surface area contributed by atoms with Crippen molar-refractivity contribution in [3.8, 4) is 0 Å². The van der Waals surface area contributed by atoms with Gasteiger partial charge in [-0.3, -0.25) is 9.59 Å². The number of hydrogen-bond donors (Lipinski definition) is 2. The number of aliphatic carboxylic acids is 1. The molecule has 1 aromatic heterocycles. The van der Waals surface area contributed by atoms with Gasteiger partial charge in [0.25, 0.3) is 5.91 Å². The molecule has 0 aliphatic heterocycles. The first-order valence-electron chi connectivity index (χ1n) is 11.5. The molecule has 2 aromatic rings. The highest BCUT2D eigenvalue weighted by Crippen LogP contribution is 2.35. The number of aromatic nitrogens is 2. The highest BCUT2D eigenvalue weighted by molar-refractivity contribution is 8.02. The first-order valence-corrected chi connectivity index (χ1v) is 12.3. The molecule has 0 saturated heterocycles. The molecule has 0 fully saturated rings. The van der Waals surface area contributed by atoms with Gasteiger partial charge in [0.1, 0.15) is 16.3 Å². The highest BCUT2D eigenvalue weighted by atomic mass is 32.2. The lowest BCUT2D eigenvalue weighted by Gasteiger charge is -2.25. The standard InChI is InChI=1S/C26H33N3O3S/c1-5-6-10-17-29-18(2)22(24(30)27-20-11-8-7-9-12-20)28-23(29)19-13-15-21(16-14-19)33-26(3,4)25(31)32/h7-9,11-15,21H,5-6,10,16-17H2,1-4H3,(H,27,30)(H,31,32). The highest BCUT2D eigenvalue weighted by Gasteiger charge is 2.31. The number of nitrogens with one attached hydrogen (secondary N) is 1. The second-order valence-electron chi connectivity index (χ2n) is 8.77. The van der Waals surface area contributed by atoms with E-state index < -0.39 is 10.7 Å². The Hall–Kier alpha value is -2.80. The average molecular weight is 468 g/mol. The predicted octanol–water partition coefficient (Wildman–Crippen LogP) is 5.94. The molecule has 2 N–H and O–H groups in total. The quantitative estimate of drug-likeness (QED) is 0.422. The van der Waals surface area contributed by atoms with Gasteiger partial charge in [-0.1, -0.05) is 56.2 Å². The zero-order valence-electron chi connectivity index (χ0n) is 19.8. The van der Waals surface area contributed by atoms with Crippen LogP contribution in [0.5, 0.6) is 0 Å². The number of allylic oxidation sites excluding steroid dienone is 3. The van der Waals surface area contributed by atoms with Crippen molar-refractivity contribution in [3.05, 3.63) is 65.8 Å². The van der Waals surface area contributed by atoms with Crippen molar-refractivity contribution in [1.29, 1.82) is 0 Å². The van der Waals surface area contributed by atoms with Crippen molar-refractivity contribution >= 4 is 34.9 Å². The van der Waals surface area contributed by atoms with Crippen molar-refractivity contribution in [2.45, 2.75) is 69.9 Å².